The van der Waals surface area contributed by atoms with Gasteiger partial charge in [0.25, 0.3) is 0 Å². The van der Waals surface area contributed by atoms with Crippen molar-refractivity contribution in [2.75, 3.05) is 13.7 Å². The Labute approximate surface area is 56.2 Å². The van der Waals surface area contributed by atoms with Gasteiger partial charge in [-0.15, -0.1) is 0 Å². The molecule has 0 amide bonds. The molecule has 1 N–H and O–H groups in total. The zero-order valence-corrected chi connectivity index (χ0v) is 5.97. The summed E-state index contributed by atoms with van der Waals surface area (Å²) < 4.78 is 11.5. The van der Waals surface area contributed by atoms with E-state index in [1.807, 2.05) is 0 Å². The van der Waals surface area contributed by atoms with Crippen LogP contribution in [0.1, 0.15) is 13.8 Å². The lowest BCUT2D eigenvalue weighted by molar-refractivity contribution is -0.447. The SMILES string of the molecule is [2H][N+](CC(=O)OC)=C(C)C. The molecule has 0 aliphatic rings. The maximum absolute atomic E-state index is 10.5. The molecule has 3 nitrogen and oxygen atoms in total. The molecule has 0 saturated carbocycles. The third-order valence-electron chi connectivity index (χ3n) is 0.752. The number of esters is 1. The van der Waals surface area contributed by atoms with Crippen LogP contribution in [0.5, 0.6) is 0 Å². The lowest BCUT2D eigenvalue weighted by Crippen LogP contribution is -2.74. The molecule has 0 bridgehead atoms. The van der Waals surface area contributed by atoms with E-state index in [1.165, 1.54) is 7.11 Å². The second-order valence-corrected chi connectivity index (χ2v) is 1.84. The summed E-state index contributed by atoms with van der Waals surface area (Å²) >= 11 is 0. The van der Waals surface area contributed by atoms with Gasteiger partial charge in [0.05, 0.1) is 7.11 Å². The van der Waals surface area contributed by atoms with E-state index in [4.69, 9.17) is 1.41 Å². The molecule has 0 radical (unpaired) electrons. The lowest BCUT2D eigenvalue weighted by Gasteiger charge is -1.87. The molecule has 0 heterocycles. The van der Waals surface area contributed by atoms with Crippen molar-refractivity contribution in [3.63, 3.8) is 0 Å². The van der Waals surface area contributed by atoms with Crippen LogP contribution >= 0.6 is 0 Å². The Morgan fingerprint density at radius 1 is 1.78 bits per heavy atom. The monoisotopic (exact) mass is 131 g/mol. The Kier molecular flexibility index (Phi) is 2.83. The van der Waals surface area contributed by atoms with Crippen molar-refractivity contribution in [1.29, 1.82) is 0 Å². The van der Waals surface area contributed by atoms with Gasteiger partial charge in [-0.3, -0.25) is 0 Å². The Morgan fingerprint density at radius 3 is 2.67 bits per heavy atom. The molecule has 0 unspecified atom stereocenters. The van der Waals surface area contributed by atoms with Gasteiger partial charge in [-0.1, -0.05) is 0 Å². The van der Waals surface area contributed by atoms with E-state index >= 15 is 0 Å². The minimum Gasteiger partial charge on any atom is -0.464 e. The molecule has 0 aromatic rings. The van der Waals surface area contributed by atoms with Gasteiger partial charge in [0.15, 0.2) is 0 Å². The van der Waals surface area contributed by atoms with E-state index in [2.05, 4.69) is 4.74 Å². The van der Waals surface area contributed by atoms with E-state index in [0.29, 0.717) is 0 Å². The molecule has 0 aromatic heterocycles. The Balaban J connectivity index is 3.92. The summed E-state index contributed by atoms with van der Waals surface area (Å²) in [5.74, 6) is -0.392. The average Bonchev–Trinajstić information content (AvgIpc) is 1.87. The van der Waals surface area contributed by atoms with Gasteiger partial charge < -0.3 is 4.74 Å². The van der Waals surface area contributed by atoms with Crippen LogP contribution in [0.15, 0.2) is 0 Å². The molecule has 0 aliphatic heterocycles. The van der Waals surface area contributed by atoms with Gasteiger partial charge in [0, 0.05) is 13.8 Å². The van der Waals surface area contributed by atoms with Crippen LogP contribution in [-0.4, -0.2) is 25.3 Å². The van der Waals surface area contributed by atoms with Crippen LogP contribution in [0.4, 0.5) is 0 Å². The van der Waals surface area contributed by atoms with Crippen molar-refractivity contribution in [2.24, 2.45) is 0 Å². The minimum absolute atomic E-state index is 0.00116. The standard InChI is InChI=1S/C6H11NO2/c1-5(2)7-4-6(8)9-3/h4H2,1-3H3/p+1/i/hD. The first-order valence-electron chi connectivity index (χ1n) is 3.16. The molecule has 0 fully saturated rings. The van der Waals surface area contributed by atoms with Gasteiger partial charge in [-0.05, 0) is 0 Å². The second-order valence-electron chi connectivity index (χ2n) is 1.84. The van der Waals surface area contributed by atoms with Crippen LogP contribution in [0.2, 0.25) is 1.41 Å². The molecular weight excluding hydrogens is 118 g/mol. The van der Waals surface area contributed by atoms with Crippen LogP contribution < -0.4 is 4.99 Å². The molecule has 0 aliphatic carbocycles. The van der Waals surface area contributed by atoms with Crippen molar-refractivity contribution in [1.82, 2.24) is 0 Å². The van der Waals surface area contributed by atoms with E-state index in [0.717, 1.165) is 10.7 Å². The van der Waals surface area contributed by atoms with Crippen LogP contribution in [-0.2, 0) is 9.53 Å². The minimum atomic E-state index is -0.392. The summed E-state index contributed by atoms with van der Waals surface area (Å²) in [5.41, 5.74) is 0.769. The topological polar surface area (TPSA) is 40.3 Å². The summed E-state index contributed by atoms with van der Waals surface area (Å²) in [7, 11) is 1.31. The fourth-order valence-corrected chi connectivity index (χ4v) is 0.287. The zero-order valence-electron chi connectivity index (χ0n) is 6.97. The number of methoxy groups -OCH3 is 1. The van der Waals surface area contributed by atoms with Crippen molar-refractivity contribution in [3.8, 4) is 0 Å². The summed E-state index contributed by atoms with van der Waals surface area (Å²) in [6, 6.07) is 0. The highest BCUT2D eigenvalue weighted by atomic mass is 16.5. The fourth-order valence-electron chi connectivity index (χ4n) is 0.287. The first-order valence-corrected chi connectivity index (χ1v) is 2.71. The van der Waals surface area contributed by atoms with Crippen LogP contribution in [0.25, 0.3) is 0 Å². The molecule has 0 aromatic carbocycles. The van der Waals surface area contributed by atoms with Gasteiger partial charge in [-0.2, -0.15) is 0 Å². The maximum atomic E-state index is 10.5. The van der Waals surface area contributed by atoms with Gasteiger partial charge >= 0.3 is 7.38 Å². The normalized spacial score (nSPS) is 9.89. The number of rotatable bonds is 2. The summed E-state index contributed by atoms with van der Waals surface area (Å²) in [6.45, 7) is 3.52. The third kappa shape index (κ3) is 5.00. The van der Waals surface area contributed by atoms with Crippen molar-refractivity contribution in [2.45, 2.75) is 13.8 Å². The van der Waals surface area contributed by atoms with Crippen molar-refractivity contribution in [3.05, 3.63) is 0 Å². The fraction of sp³-hybridized carbons (Fsp3) is 0.667. The molecule has 0 saturated heterocycles. The molecule has 52 valence electrons. The smallest absolute Gasteiger partial charge is 0.446 e. The highest BCUT2D eigenvalue weighted by Gasteiger charge is 1.99. The van der Waals surface area contributed by atoms with Crippen molar-refractivity contribution < 1.29 is 15.9 Å². The number of nitrogens with one attached hydrogen (secondary N) is 1. The summed E-state index contributed by atoms with van der Waals surface area (Å²) in [6.07, 6.45) is 0. The van der Waals surface area contributed by atoms with E-state index < -0.39 is 5.97 Å². The van der Waals surface area contributed by atoms with Gasteiger partial charge in [0.1, 0.15) is 5.71 Å². The molecule has 3 heteroatoms. The van der Waals surface area contributed by atoms with E-state index in [-0.39, 0.29) is 6.54 Å². The van der Waals surface area contributed by atoms with Crippen molar-refractivity contribution >= 4 is 11.7 Å². The summed E-state index contributed by atoms with van der Waals surface area (Å²) in [5, 5.41) is 0. The lowest BCUT2D eigenvalue weighted by atomic mass is 10.5. The maximum Gasteiger partial charge on any atom is 0.446 e. The molecule has 0 rings (SSSR count). The Morgan fingerprint density at radius 2 is 2.33 bits per heavy atom. The molecule has 0 atom stereocenters. The van der Waals surface area contributed by atoms with E-state index in [1.54, 1.807) is 13.8 Å². The molecule has 9 heavy (non-hydrogen) atoms. The Hall–Kier alpha value is -0.860. The van der Waals surface area contributed by atoms with E-state index in [9.17, 15) is 4.79 Å². The average molecular weight is 131 g/mol. The largest absolute Gasteiger partial charge is 0.464 e. The molecular formula is C6H12NO2+. The number of carbonyl (C=O) groups excluding carboxylic acids is 1. The first-order chi connectivity index (χ1) is 4.57. The van der Waals surface area contributed by atoms with Gasteiger partial charge in [0.2, 0.25) is 6.54 Å². The highest BCUT2D eigenvalue weighted by molar-refractivity contribution is 5.75. The van der Waals surface area contributed by atoms with Gasteiger partial charge in [-0.25, -0.2) is 9.78 Å². The second kappa shape index (κ2) is 4.06. The number of hydrogen-bond donors (Lipinski definition) is 1. The number of carbonyl (C=O) groups is 1. The summed E-state index contributed by atoms with van der Waals surface area (Å²) in [4.78, 5) is 11.6. The van der Waals surface area contributed by atoms with Crippen LogP contribution in [0, 0.1) is 0 Å². The molecule has 0 spiro atoms. The Bertz CT molecular complexity index is 161. The quantitative estimate of drug-likeness (QED) is 0.374. The number of hydrogen-bond acceptors (Lipinski definition) is 2. The predicted octanol–water partition coefficient (Wildman–Crippen LogP) is -1.28. The van der Waals surface area contributed by atoms with Crippen LogP contribution in [0.3, 0.4) is 0 Å². The highest BCUT2D eigenvalue weighted by Crippen LogP contribution is 1.61. The third-order valence-corrected chi connectivity index (χ3v) is 0.752. The predicted molar refractivity (Wildman–Crippen MR) is 34.2 cm³/mol. The first kappa shape index (κ1) is 6.26. The number of ether oxygens (including phenoxy) is 1. The zero-order chi connectivity index (χ0) is 8.15.